The van der Waals surface area contributed by atoms with Gasteiger partial charge in [-0.2, -0.15) is 0 Å². The topological polar surface area (TPSA) is 86.5 Å². The molecule has 0 aliphatic rings. The lowest BCUT2D eigenvalue weighted by Gasteiger charge is -2.06. The van der Waals surface area contributed by atoms with E-state index in [0.717, 1.165) is 5.56 Å². The van der Waals surface area contributed by atoms with E-state index in [4.69, 9.17) is 15.4 Å². The molecule has 0 heterocycles. The number of rotatable bonds is 7. The second kappa shape index (κ2) is 6.72. The SMILES string of the molecule is Cc1ccc(OCCCCS(=O)(=O)Cl)c([N+](=O)[O-])c1. The number of hydrogen-bond acceptors (Lipinski definition) is 5. The van der Waals surface area contributed by atoms with Crippen LogP contribution in [-0.2, 0) is 9.05 Å². The number of nitro groups is 1. The van der Waals surface area contributed by atoms with E-state index in [9.17, 15) is 18.5 Å². The summed E-state index contributed by atoms with van der Waals surface area (Å²) in [4.78, 5) is 10.3. The van der Waals surface area contributed by atoms with Gasteiger partial charge >= 0.3 is 5.69 Å². The molecule has 0 aliphatic carbocycles. The summed E-state index contributed by atoms with van der Waals surface area (Å²) in [7, 11) is 1.57. The molecule has 0 saturated carbocycles. The molecule has 0 saturated heterocycles. The fourth-order valence-corrected chi connectivity index (χ4v) is 2.33. The van der Waals surface area contributed by atoms with E-state index >= 15 is 0 Å². The highest BCUT2D eigenvalue weighted by atomic mass is 35.7. The van der Waals surface area contributed by atoms with E-state index in [1.807, 2.05) is 0 Å². The Hall–Kier alpha value is -1.34. The highest BCUT2D eigenvalue weighted by Crippen LogP contribution is 2.27. The lowest BCUT2D eigenvalue weighted by atomic mass is 10.2. The molecule has 1 rings (SSSR count). The van der Waals surface area contributed by atoms with Gasteiger partial charge in [-0.15, -0.1) is 0 Å². The molecule has 0 N–H and O–H groups in total. The van der Waals surface area contributed by atoms with Crippen LogP contribution in [0.2, 0.25) is 0 Å². The smallest absolute Gasteiger partial charge is 0.311 e. The molecule has 106 valence electrons. The molecule has 0 fully saturated rings. The van der Waals surface area contributed by atoms with Crippen LogP contribution in [0.4, 0.5) is 5.69 Å². The van der Waals surface area contributed by atoms with Gasteiger partial charge in [0.25, 0.3) is 0 Å². The number of halogens is 1. The molecule has 0 amide bonds. The van der Waals surface area contributed by atoms with Crippen molar-refractivity contribution in [1.29, 1.82) is 0 Å². The predicted molar refractivity (Wildman–Crippen MR) is 72.2 cm³/mol. The van der Waals surface area contributed by atoms with Crippen molar-refractivity contribution in [3.63, 3.8) is 0 Å². The fraction of sp³-hybridized carbons (Fsp3) is 0.455. The quantitative estimate of drug-likeness (QED) is 0.334. The minimum atomic E-state index is -3.49. The number of benzene rings is 1. The Morgan fingerprint density at radius 2 is 2.05 bits per heavy atom. The molecule has 8 heteroatoms. The molecular weight excluding hydrogens is 294 g/mol. The van der Waals surface area contributed by atoms with Crippen molar-refractivity contribution in [2.24, 2.45) is 0 Å². The van der Waals surface area contributed by atoms with Crippen molar-refractivity contribution in [3.05, 3.63) is 33.9 Å². The molecule has 0 aromatic heterocycles. The van der Waals surface area contributed by atoms with Crippen LogP contribution < -0.4 is 4.74 Å². The number of ether oxygens (including phenoxy) is 1. The summed E-state index contributed by atoms with van der Waals surface area (Å²) in [5.41, 5.74) is 0.678. The second-order valence-corrected chi connectivity index (χ2v) is 6.92. The maximum absolute atomic E-state index is 10.8. The maximum atomic E-state index is 10.8. The van der Waals surface area contributed by atoms with Crippen LogP contribution in [0.15, 0.2) is 18.2 Å². The zero-order chi connectivity index (χ0) is 14.5. The Morgan fingerprint density at radius 1 is 1.37 bits per heavy atom. The van der Waals surface area contributed by atoms with Gasteiger partial charge in [0, 0.05) is 16.7 Å². The highest BCUT2D eigenvalue weighted by Gasteiger charge is 2.14. The number of unbranched alkanes of at least 4 members (excludes halogenated alkanes) is 1. The molecule has 0 bridgehead atoms. The van der Waals surface area contributed by atoms with Crippen molar-refractivity contribution in [2.75, 3.05) is 12.4 Å². The first kappa shape index (κ1) is 15.7. The number of aryl methyl sites for hydroxylation is 1. The van der Waals surface area contributed by atoms with Gasteiger partial charge in [0.15, 0.2) is 5.75 Å². The van der Waals surface area contributed by atoms with Gasteiger partial charge < -0.3 is 4.74 Å². The first-order valence-electron chi connectivity index (χ1n) is 5.60. The van der Waals surface area contributed by atoms with Gasteiger partial charge in [-0.05, 0) is 31.4 Å². The van der Waals surface area contributed by atoms with Crippen LogP contribution in [0.3, 0.4) is 0 Å². The highest BCUT2D eigenvalue weighted by molar-refractivity contribution is 8.13. The van der Waals surface area contributed by atoms with Crippen LogP contribution in [0.5, 0.6) is 5.75 Å². The predicted octanol–water partition coefficient (Wildman–Crippen LogP) is 2.63. The summed E-state index contributed by atoms with van der Waals surface area (Å²) in [6.45, 7) is 1.96. The number of nitrogens with zero attached hydrogens (tertiary/aromatic N) is 1. The van der Waals surface area contributed by atoms with Crippen molar-refractivity contribution >= 4 is 25.4 Å². The lowest BCUT2D eigenvalue weighted by Crippen LogP contribution is -2.04. The summed E-state index contributed by atoms with van der Waals surface area (Å²) in [6.07, 6.45) is 0.808. The molecule has 0 radical (unpaired) electrons. The van der Waals surface area contributed by atoms with Crippen LogP contribution in [-0.4, -0.2) is 25.7 Å². The maximum Gasteiger partial charge on any atom is 0.311 e. The third-order valence-corrected chi connectivity index (χ3v) is 3.59. The number of nitro benzene ring substituents is 1. The molecule has 1 aromatic rings. The van der Waals surface area contributed by atoms with Crippen LogP contribution >= 0.6 is 10.7 Å². The Morgan fingerprint density at radius 3 is 2.63 bits per heavy atom. The molecule has 19 heavy (non-hydrogen) atoms. The van der Waals surface area contributed by atoms with Gasteiger partial charge in [-0.25, -0.2) is 8.42 Å². The van der Waals surface area contributed by atoms with Crippen LogP contribution in [0, 0.1) is 17.0 Å². The summed E-state index contributed by atoms with van der Waals surface area (Å²) >= 11 is 0. The van der Waals surface area contributed by atoms with E-state index < -0.39 is 14.0 Å². The van der Waals surface area contributed by atoms with Gasteiger partial charge in [0.2, 0.25) is 9.05 Å². The van der Waals surface area contributed by atoms with Gasteiger partial charge in [0.05, 0.1) is 17.3 Å². The fourth-order valence-electron chi connectivity index (χ4n) is 1.45. The van der Waals surface area contributed by atoms with Gasteiger partial charge in [0.1, 0.15) is 0 Å². The van der Waals surface area contributed by atoms with E-state index in [-0.39, 0.29) is 23.8 Å². The lowest BCUT2D eigenvalue weighted by molar-refractivity contribution is -0.385. The first-order chi connectivity index (χ1) is 8.79. The van der Waals surface area contributed by atoms with E-state index in [1.165, 1.54) is 12.1 Å². The third-order valence-electron chi connectivity index (χ3n) is 2.35. The van der Waals surface area contributed by atoms with Crippen molar-refractivity contribution in [3.8, 4) is 5.75 Å². The molecule has 0 aliphatic heterocycles. The van der Waals surface area contributed by atoms with Crippen molar-refractivity contribution in [2.45, 2.75) is 19.8 Å². The first-order valence-corrected chi connectivity index (χ1v) is 8.07. The normalized spacial score (nSPS) is 11.3. The monoisotopic (exact) mass is 307 g/mol. The van der Waals surface area contributed by atoms with Crippen LogP contribution in [0.25, 0.3) is 0 Å². The Labute approximate surface area is 115 Å². The molecule has 0 atom stereocenters. The second-order valence-electron chi connectivity index (χ2n) is 4.03. The number of hydrogen-bond donors (Lipinski definition) is 0. The molecule has 0 unspecified atom stereocenters. The standard InChI is InChI=1S/C11H14ClNO5S/c1-9-4-5-11(10(8-9)13(14)15)18-6-2-3-7-19(12,16)17/h4-5,8H,2-3,6-7H2,1H3. The zero-order valence-electron chi connectivity index (χ0n) is 10.3. The largest absolute Gasteiger partial charge is 0.487 e. The third kappa shape index (κ3) is 5.89. The molecule has 1 aromatic carbocycles. The van der Waals surface area contributed by atoms with Crippen LogP contribution in [0.1, 0.15) is 18.4 Å². The molecular formula is C11H14ClNO5S. The van der Waals surface area contributed by atoms with E-state index in [0.29, 0.717) is 12.8 Å². The Kier molecular flexibility index (Phi) is 5.56. The zero-order valence-corrected chi connectivity index (χ0v) is 11.9. The van der Waals surface area contributed by atoms with Crippen molar-refractivity contribution in [1.82, 2.24) is 0 Å². The molecule has 0 spiro atoms. The Balaban J connectivity index is 2.52. The summed E-state index contributed by atoms with van der Waals surface area (Å²) in [5, 5.41) is 10.8. The van der Waals surface area contributed by atoms with Gasteiger partial charge in [-0.1, -0.05) is 6.07 Å². The van der Waals surface area contributed by atoms with Crippen molar-refractivity contribution < 1.29 is 18.1 Å². The minimum absolute atomic E-state index is 0.0926. The summed E-state index contributed by atoms with van der Waals surface area (Å²) < 4.78 is 26.6. The van der Waals surface area contributed by atoms with E-state index in [1.54, 1.807) is 13.0 Å². The molecule has 6 nitrogen and oxygen atoms in total. The Bertz CT molecular complexity index is 558. The van der Waals surface area contributed by atoms with E-state index in [2.05, 4.69) is 0 Å². The van der Waals surface area contributed by atoms with Gasteiger partial charge in [-0.3, -0.25) is 10.1 Å². The average molecular weight is 308 g/mol. The summed E-state index contributed by atoms with van der Waals surface area (Å²) in [6, 6.07) is 4.68. The minimum Gasteiger partial charge on any atom is -0.487 e. The summed E-state index contributed by atoms with van der Waals surface area (Å²) in [5.74, 6) is 0.0535. The average Bonchev–Trinajstić information content (AvgIpc) is 2.28.